The smallest absolute Gasteiger partial charge is 0.243 e. The summed E-state index contributed by atoms with van der Waals surface area (Å²) in [6.45, 7) is 7.56. The molecule has 0 aromatic heterocycles. The first-order chi connectivity index (χ1) is 10.4. The van der Waals surface area contributed by atoms with Crippen molar-refractivity contribution in [3.05, 3.63) is 29.8 Å². The van der Waals surface area contributed by atoms with E-state index in [4.69, 9.17) is 5.26 Å². The van der Waals surface area contributed by atoms with E-state index in [1.807, 2.05) is 12.1 Å². The summed E-state index contributed by atoms with van der Waals surface area (Å²) in [6.07, 6.45) is 0.527. The molecule has 0 bridgehead atoms. The van der Waals surface area contributed by atoms with Crippen LogP contribution in [-0.4, -0.2) is 45.4 Å². The number of sulfonamides is 1. The van der Waals surface area contributed by atoms with Crippen molar-refractivity contribution in [3.63, 3.8) is 0 Å². The van der Waals surface area contributed by atoms with Crippen LogP contribution >= 0.6 is 0 Å². The summed E-state index contributed by atoms with van der Waals surface area (Å²) in [7, 11) is -3.39. The van der Waals surface area contributed by atoms with Crippen LogP contribution in [0.1, 0.15) is 31.7 Å². The van der Waals surface area contributed by atoms with Gasteiger partial charge in [-0.1, -0.05) is 26.0 Å². The van der Waals surface area contributed by atoms with Crippen molar-refractivity contribution in [1.82, 2.24) is 4.31 Å². The van der Waals surface area contributed by atoms with Crippen molar-refractivity contribution in [1.29, 1.82) is 5.26 Å². The zero-order chi connectivity index (χ0) is 16.2. The molecular formula is C16H24N3O2S+. The fourth-order valence-corrected chi connectivity index (χ4v) is 4.14. The summed E-state index contributed by atoms with van der Waals surface area (Å²) in [5, 5.41) is 8.62. The maximum absolute atomic E-state index is 12.7. The third kappa shape index (κ3) is 3.86. The van der Waals surface area contributed by atoms with E-state index < -0.39 is 10.0 Å². The van der Waals surface area contributed by atoms with Crippen molar-refractivity contribution in [2.75, 3.05) is 32.7 Å². The van der Waals surface area contributed by atoms with Gasteiger partial charge in [-0.2, -0.15) is 9.57 Å². The number of nitriles is 1. The first kappa shape index (κ1) is 16.9. The molecule has 2 rings (SSSR count). The van der Waals surface area contributed by atoms with Crippen LogP contribution in [0.3, 0.4) is 0 Å². The minimum atomic E-state index is -3.39. The standard InChI is InChI=1S/C16H23N3O2S/c1-14(2)15-4-6-16(7-5-15)22(20,21)19-12-10-18(11-13-19)9-3-8-17/h4-7,14H,3,9-13H2,1-2H3/p+1. The van der Waals surface area contributed by atoms with Crippen LogP contribution in [0.25, 0.3) is 0 Å². The zero-order valence-electron chi connectivity index (χ0n) is 13.2. The van der Waals surface area contributed by atoms with Gasteiger partial charge in [0.1, 0.15) is 0 Å². The van der Waals surface area contributed by atoms with Gasteiger partial charge in [0.25, 0.3) is 0 Å². The number of nitrogens with one attached hydrogen (secondary N) is 1. The molecule has 1 N–H and O–H groups in total. The van der Waals surface area contributed by atoms with E-state index in [0.717, 1.165) is 25.2 Å². The molecule has 1 fully saturated rings. The van der Waals surface area contributed by atoms with Crippen molar-refractivity contribution >= 4 is 10.0 Å². The molecule has 0 radical (unpaired) electrons. The average molecular weight is 322 g/mol. The van der Waals surface area contributed by atoms with Crippen LogP contribution in [0.2, 0.25) is 0 Å². The van der Waals surface area contributed by atoms with E-state index in [-0.39, 0.29) is 0 Å². The summed E-state index contributed by atoms with van der Waals surface area (Å²) in [5.41, 5.74) is 1.14. The molecule has 0 spiro atoms. The molecule has 1 aromatic rings. The molecule has 0 amide bonds. The Labute approximate surface area is 133 Å². The Morgan fingerprint density at radius 1 is 1.23 bits per heavy atom. The molecule has 0 aliphatic carbocycles. The monoisotopic (exact) mass is 322 g/mol. The highest BCUT2D eigenvalue weighted by molar-refractivity contribution is 7.89. The van der Waals surface area contributed by atoms with E-state index in [0.29, 0.717) is 30.3 Å². The first-order valence-corrected chi connectivity index (χ1v) is 9.20. The van der Waals surface area contributed by atoms with Gasteiger partial charge >= 0.3 is 0 Å². The molecule has 6 heteroatoms. The largest absolute Gasteiger partial charge is 0.332 e. The lowest BCUT2D eigenvalue weighted by atomic mass is 10.0. The van der Waals surface area contributed by atoms with Crippen molar-refractivity contribution in [2.24, 2.45) is 0 Å². The van der Waals surface area contributed by atoms with E-state index in [1.54, 1.807) is 16.4 Å². The Kier molecular flexibility index (Phi) is 5.57. The van der Waals surface area contributed by atoms with Crippen LogP contribution < -0.4 is 4.90 Å². The van der Waals surface area contributed by atoms with Gasteiger partial charge in [0.05, 0.1) is 50.1 Å². The molecule has 0 unspecified atom stereocenters. The Balaban J connectivity index is 2.04. The predicted molar refractivity (Wildman–Crippen MR) is 85.1 cm³/mol. The summed E-state index contributed by atoms with van der Waals surface area (Å²) >= 11 is 0. The van der Waals surface area contributed by atoms with Gasteiger partial charge in [-0.15, -0.1) is 0 Å². The Hall–Kier alpha value is -1.42. The van der Waals surface area contributed by atoms with Crippen LogP contribution in [-0.2, 0) is 10.0 Å². The average Bonchev–Trinajstić information content (AvgIpc) is 2.53. The molecule has 1 aliphatic rings. The highest BCUT2D eigenvalue weighted by Gasteiger charge is 2.30. The fourth-order valence-electron chi connectivity index (χ4n) is 2.70. The first-order valence-electron chi connectivity index (χ1n) is 7.76. The molecule has 0 saturated carbocycles. The second-order valence-corrected chi connectivity index (χ2v) is 7.97. The molecule has 1 aromatic carbocycles. The maximum Gasteiger partial charge on any atom is 0.243 e. The lowest BCUT2D eigenvalue weighted by Crippen LogP contribution is -3.14. The Morgan fingerprint density at radius 3 is 2.32 bits per heavy atom. The van der Waals surface area contributed by atoms with Crippen LogP contribution in [0.5, 0.6) is 0 Å². The van der Waals surface area contributed by atoms with Crippen molar-refractivity contribution in [2.45, 2.75) is 31.1 Å². The van der Waals surface area contributed by atoms with Gasteiger partial charge in [-0.3, -0.25) is 0 Å². The SMILES string of the molecule is CC(C)c1ccc(S(=O)(=O)N2CC[NH+](CCC#N)CC2)cc1. The quantitative estimate of drug-likeness (QED) is 0.864. The fraction of sp³-hybridized carbons (Fsp3) is 0.562. The molecule has 120 valence electrons. The number of hydrogen-bond acceptors (Lipinski definition) is 3. The topological polar surface area (TPSA) is 65.6 Å². The molecular weight excluding hydrogens is 298 g/mol. The number of benzene rings is 1. The van der Waals surface area contributed by atoms with E-state index in [9.17, 15) is 8.42 Å². The maximum atomic E-state index is 12.7. The number of rotatable bonds is 5. The zero-order valence-corrected chi connectivity index (χ0v) is 14.1. The van der Waals surface area contributed by atoms with E-state index >= 15 is 0 Å². The third-order valence-corrected chi connectivity index (χ3v) is 6.12. The molecule has 22 heavy (non-hydrogen) atoms. The Morgan fingerprint density at radius 2 is 1.82 bits per heavy atom. The number of nitrogens with zero attached hydrogens (tertiary/aromatic N) is 2. The summed E-state index contributed by atoms with van der Waals surface area (Å²) in [6, 6.07) is 9.35. The van der Waals surface area contributed by atoms with Gasteiger partial charge in [0, 0.05) is 0 Å². The van der Waals surface area contributed by atoms with E-state index in [1.165, 1.54) is 4.90 Å². The normalized spacial score (nSPS) is 17.5. The van der Waals surface area contributed by atoms with Gasteiger partial charge in [-0.25, -0.2) is 8.42 Å². The van der Waals surface area contributed by atoms with Gasteiger partial charge < -0.3 is 4.90 Å². The summed E-state index contributed by atoms with van der Waals surface area (Å²) < 4.78 is 26.9. The molecule has 1 heterocycles. The van der Waals surface area contributed by atoms with Gasteiger partial charge in [-0.05, 0) is 23.6 Å². The van der Waals surface area contributed by atoms with Crippen LogP contribution in [0, 0.1) is 11.3 Å². The summed E-state index contributed by atoms with van der Waals surface area (Å²) in [4.78, 5) is 1.68. The molecule has 1 aliphatic heterocycles. The lowest BCUT2D eigenvalue weighted by molar-refractivity contribution is -0.903. The molecule has 1 saturated heterocycles. The highest BCUT2D eigenvalue weighted by Crippen LogP contribution is 2.20. The predicted octanol–water partition coefficient (Wildman–Crippen LogP) is 0.613. The second kappa shape index (κ2) is 7.23. The summed E-state index contributed by atoms with van der Waals surface area (Å²) in [5.74, 6) is 0.393. The van der Waals surface area contributed by atoms with Crippen LogP contribution in [0.4, 0.5) is 0 Å². The number of piperazine rings is 1. The van der Waals surface area contributed by atoms with E-state index in [2.05, 4.69) is 19.9 Å². The number of quaternary nitrogens is 1. The third-order valence-electron chi connectivity index (χ3n) is 4.20. The van der Waals surface area contributed by atoms with Crippen LogP contribution in [0.15, 0.2) is 29.2 Å². The highest BCUT2D eigenvalue weighted by atomic mass is 32.2. The second-order valence-electron chi connectivity index (χ2n) is 6.04. The van der Waals surface area contributed by atoms with Crippen molar-refractivity contribution in [3.8, 4) is 6.07 Å². The van der Waals surface area contributed by atoms with Gasteiger partial charge in [0.2, 0.25) is 10.0 Å². The minimum Gasteiger partial charge on any atom is -0.332 e. The number of hydrogen-bond donors (Lipinski definition) is 1. The Bertz CT molecular complexity index is 624. The molecule has 0 atom stereocenters. The van der Waals surface area contributed by atoms with Gasteiger partial charge in [0.15, 0.2) is 0 Å². The lowest BCUT2D eigenvalue weighted by Gasteiger charge is -2.31. The van der Waals surface area contributed by atoms with Crippen molar-refractivity contribution < 1.29 is 13.3 Å². The minimum absolute atomic E-state index is 0.373. The molecule has 5 nitrogen and oxygen atoms in total.